The van der Waals surface area contributed by atoms with E-state index in [2.05, 4.69) is 4.74 Å². The molecule has 0 atom stereocenters. The zero-order chi connectivity index (χ0) is 18.2. The first-order valence-electron chi connectivity index (χ1n) is 6.11. The number of ether oxygens (including phenoxy) is 1. The van der Waals surface area contributed by atoms with Crippen molar-refractivity contribution in [1.82, 2.24) is 4.57 Å². The maximum atomic E-state index is 11.9. The number of halogens is 1. The van der Waals surface area contributed by atoms with E-state index >= 15 is 0 Å². The van der Waals surface area contributed by atoms with Crippen LogP contribution in [0.4, 0.5) is 5.69 Å². The molecule has 9 nitrogen and oxygen atoms in total. The number of nitrogens with two attached hydrogens (primary N) is 1. The fourth-order valence-electron chi connectivity index (χ4n) is 2.05. The number of carbonyl (C=O) groups excluding carboxylic acids is 1. The van der Waals surface area contributed by atoms with E-state index in [-0.39, 0.29) is 27.7 Å². The SMILES string of the molecule is COC(=O)c1c(N)c(C#N)cn1-c1cc(Cl)cc(S(=O)(=O)O)c1O. The first-order valence-corrected chi connectivity index (χ1v) is 7.93. The molecule has 0 radical (unpaired) electrons. The second-order valence-corrected chi connectivity index (χ2v) is 6.35. The third-order valence-corrected chi connectivity index (χ3v) is 4.19. The number of benzene rings is 1. The van der Waals surface area contributed by atoms with Gasteiger partial charge < -0.3 is 20.1 Å². The molecule has 0 saturated heterocycles. The molecule has 0 bridgehead atoms. The summed E-state index contributed by atoms with van der Waals surface area (Å²) >= 11 is 5.81. The van der Waals surface area contributed by atoms with Gasteiger partial charge in [-0.05, 0) is 12.1 Å². The van der Waals surface area contributed by atoms with Crippen LogP contribution in [0.1, 0.15) is 16.1 Å². The maximum absolute atomic E-state index is 11.9. The number of methoxy groups -OCH3 is 1. The number of phenols is 1. The van der Waals surface area contributed by atoms with Gasteiger partial charge in [0.2, 0.25) is 0 Å². The van der Waals surface area contributed by atoms with Gasteiger partial charge in [-0.2, -0.15) is 13.7 Å². The number of carbonyl (C=O) groups is 1. The largest absolute Gasteiger partial charge is 0.504 e. The van der Waals surface area contributed by atoms with Gasteiger partial charge in [-0.1, -0.05) is 11.6 Å². The molecule has 0 amide bonds. The van der Waals surface area contributed by atoms with Gasteiger partial charge in [-0.3, -0.25) is 4.55 Å². The van der Waals surface area contributed by atoms with Crippen molar-refractivity contribution in [1.29, 1.82) is 5.26 Å². The van der Waals surface area contributed by atoms with E-state index in [1.807, 2.05) is 0 Å². The van der Waals surface area contributed by atoms with Crippen LogP contribution in [-0.2, 0) is 14.9 Å². The van der Waals surface area contributed by atoms with E-state index in [0.29, 0.717) is 0 Å². The molecule has 0 aliphatic heterocycles. The standard InChI is InChI=1S/C13H10ClN3O6S/c1-23-13(19)11-10(16)6(4-15)5-17(11)8-2-7(14)3-9(12(8)18)24(20,21)22/h2-3,5,18H,16H2,1H3,(H,20,21,22). The molecular weight excluding hydrogens is 362 g/mol. The minimum atomic E-state index is -4.79. The molecule has 0 unspecified atom stereocenters. The van der Waals surface area contributed by atoms with Gasteiger partial charge in [0, 0.05) is 11.2 Å². The van der Waals surface area contributed by atoms with Crippen molar-refractivity contribution in [2.45, 2.75) is 4.90 Å². The number of phenolic OH excluding ortho intramolecular Hbond substituents is 1. The number of rotatable bonds is 3. The molecule has 24 heavy (non-hydrogen) atoms. The molecule has 1 aromatic heterocycles. The first kappa shape index (κ1) is 17.6. The summed E-state index contributed by atoms with van der Waals surface area (Å²) in [6.07, 6.45) is 1.10. The number of hydrogen-bond donors (Lipinski definition) is 3. The molecule has 126 valence electrons. The topological polar surface area (TPSA) is 156 Å². The molecule has 0 aliphatic rings. The van der Waals surface area contributed by atoms with Crippen LogP contribution in [0.2, 0.25) is 5.02 Å². The predicted octanol–water partition coefficient (Wildman–Crippen LogP) is 1.32. The molecule has 4 N–H and O–H groups in total. The Morgan fingerprint density at radius 2 is 2.08 bits per heavy atom. The van der Waals surface area contributed by atoms with Gasteiger partial charge in [0.1, 0.15) is 11.0 Å². The van der Waals surface area contributed by atoms with E-state index in [1.165, 1.54) is 0 Å². The van der Waals surface area contributed by atoms with Crippen molar-refractivity contribution in [3.05, 3.63) is 34.6 Å². The van der Waals surface area contributed by atoms with Crippen LogP contribution < -0.4 is 5.73 Å². The summed E-state index contributed by atoms with van der Waals surface area (Å²) in [6.45, 7) is 0. The van der Waals surface area contributed by atoms with Crippen molar-refractivity contribution < 1.29 is 27.6 Å². The summed E-state index contributed by atoms with van der Waals surface area (Å²) in [7, 11) is -3.72. The van der Waals surface area contributed by atoms with Gasteiger partial charge in [-0.15, -0.1) is 0 Å². The van der Waals surface area contributed by atoms with Gasteiger partial charge >= 0.3 is 5.97 Å². The maximum Gasteiger partial charge on any atom is 0.357 e. The first-order chi connectivity index (χ1) is 11.1. The fourth-order valence-corrected chi connectivity index (χ4v) is 2.95. The molecule has 0 spiro atoms. The number of hydrogen-bond acceptors (Lipinski definition) is 7. The summed E-state index contributed by atoms with van der Waals surface area (Å²) in [5.41, 5.74) is 4.78. The van der Waals surface area contributed by atoms with E-state index < -0.39 is 26.7 Å². The summed E-state index contributed by atoms with van der Waals surface area (Å²) < 4.78 is 37.4. The lowest BCUT2D eigenvalue weighted by molar-refractivity contribution is 0.0593. The molecule has 2 aromatic rings. The summed E-state index contributed by atoms with van der Waals surface area (Å²) in [6, 6.07) is 3.70. The third-order valence-electron chi connectivity index (χ3n) is 3.10. The Labute approximate surface area is 141 Å². The smallest absolute Gasteiger partial charge is 0.357 e. The number of esters is 1. The van der Waals surface area contributed by atoms with Gasteiger partial charge in [0.15, 0.2) is 11.4 Å². The molecule has 2 rings (SSSR count). The van der Waals surface area contributed by atoms with E-state index in [1.54, 1.807) is 6.07 Å². The number of anilines is 1. The highest BCUT2D eigenvalue weighted by Crippen LogP contribution is 2.36. The molecule has 11 heteroatoms. The monoisotopic (exact) mass is 371 g/mol. The Morgan fingerprint density at radius 3 is 2.58 bits per heavy atom. The number of nitrogens with zero attached hydrogens (tertiary/aromatic N) is 2. The van der Waals surface area contributed by atoms with Crippen LogP contribution in [0.25, 0.3) is 5.69 Å². The summed E-state index contributed by atoms with van der Waals surface area (Å²) in [5, 5.41) is 19.0. The quantitative estimate of drug-likeness (QED) is 0.538. The number of nitriles is 1. The van der Waals surface area contributed by atoms with Crippen molar-refractivity contribution in [2.75, 3.05) is 12.8 Å². The van der Waals surface area contributed by atoms with Gasteiger partial charge in [0.25, 0.3) is 10.1 Å². The van der Waals surface area contributed by atoms with Crippen molar-refractivity contribution in [3.8, 4) is 17.5 Å². The molecule has 0 aliphatic carbocycles. The molecule has 1 aromatic carbocycles. The number of aromatic hydroxyl groups is 1. The van der Waals surface area contributed by atoms with Crippen LogP contribution in [-0.4, -0.2) is 35.7 Å². The molecule has 0 fully saturated rings. The lowest BCUT2D eigenvalue weighted by Crippen LogP contribution is -2.12. The summed E-state index contributed by atoms with van der Waals surface area (Å²) in [5.74, 6) is -1.81. The predicted molar refractivity (Wildman–Crippen MR) is 82.7 cm³/mol. The highest BCUT2D eigenvalue weighted by Gasteiger charge is 2.26. The van der Waals surface area contributed by atoms with Gasteiger partial charge in [0.05, 0.1) is 24.0 Å². The van der Waals surface area contributed by atoms with Crippen LogP contribution in [0.3, 0.4) is 0 Å². The zero-order valence-electron chi connectivity index (χ0n) is 12.0. The Kier molecular flexibility index (Phi) is 4.44. The minimum Gasteiger partial charge on any atom is -0.504 e. The third kappa shape index (κ3) is 2.88. The molecule has 1 heterocycles. The second-order valence-electron chi connectivity index (χ2n) is 4.53. The number of nitrogen functional groups attached to an aromatic ring is 1. The lowest BCUT2D eigenvalue weighted by Gasteiger charge is -2.13. The Balaban J connectivity index is 2.91. The zero-order valence-corrected chi connectivity index (χ0v) is 13.6. The highest BCUT2D eigenvalue weighted by atomic mass is 35.5. The van der Waals surface area contributed by atoms with E-state index in [0.717, 1.165) is 30.0 Å². The van der Waals surface area contributed by atoms with Crippen molar-refractivity contribution in [2.24, 2.45) is 0 Å². The Hall–Kier alpha value is -2.74. The molecule has 0 saturated carbocycles. The van der Waals surface area contributed by atoms with E-state index in [4.69, 9.17) is 22.6 Å². The van der Waals surface area contributed by atoms with Crippen LogP contribution in [0.5, 0.6) is 5.75 Å². The second kappa shape index (κ2) is 6.04. The fraction of sp³-hybridized carbons (Fsp3) is 0.0769. The van der Waals surface area contributed by atoms with Crippen LogP contribution in [0, 0.1) is 11.3 Å². The molecular formula is C13H10ClN3O6S. The summed E-state index contributed by atoms with van der Waals surface area (Å²) in [4.78, 5) is 11.1. The van der Waals surface area contributed by atoms with Crippen LogP contribution >= 0.6 is 11.6 Å². The average molecular weight is 372 g/mol. The van der Waals surface area contributed by atoms with Crippen molar-refractivity contribution in [3.63, 3.8) is 0 Å². The van der Waals surface area contributed by atoms with Gasteiger partial charge in [-0.25, -0.2) is 4.79 Å². The number of aromatic nitrogens is 1. The van der Waals surface area contributed by atoms with Crippen molar-refractivity contribution >= 4 is 33.4 Å². The van der Waals surface area contributed by atoms with E-state index in [9.17, 15) is 22.9 Å². The normalized spacial score (nSPS) is 11.1. The highest BCUT2D eigenvalue weighted by molar-refractivity contribution is 7.86. The average Bonchev–Trinajstić information content (AvgIpc) is 2.84. The Morgan fingerprint density at radius 1 is 1.46 bits per heavy atom. The minimum absolute atomic E-state index is 0.108. The Bertz CT molecular complexity index is 990. The van der Waals surface area contributed by atoms with Crippen LogP contribution in [0.15, 0.2) is 23.2 Å². The lowest BCUT2D eigenvalue weighted by atomic mass is 10.2.